The third kappa shape index (κ3) is 2.34. The molecule has 0 fully saturated rings. The largest absolute Gasteiger partial charge is 0.386 e. The van der Waals surface area contributed by atoms with E-state index >= 15 is 0 Å². The van der Waals surface area contributed by atoms with Gasteiger partial charge in [0, 0.05) is 33.5 Å². The number of hydrogen-bond donors (Lipinski definition) is 1. The van der Waals surface area contributed by atoms with Gasteiger partial charge in [-0.25, -0.2) is 4.98 Å². The summed E-state index contributed by atoms with van der Waals surface area (Å²) in [7, 11) is 0. The highest BCUT2D eigenvalue weighted by Crippen LogP contribution is 2.25. The van der Waals surface area contributed by atoms with Crippen LogP contribution in [0.1, 0.15) is 16.7 Å². The molecule has 0 bridgehead atoms. The van der Waals surface area contributed by atoms with Crippen LogP contribution in [0.25, 0.3) is 5.65 Å². The van der Waals surface area contributed by atoms with Crippen molar-refractivity contribution >= 4 is 32.9 Å². The number of thiophene rings is 1. The average molecular weight is 323 g/mol. The lowest BCUT2D eigenvalue weighted by Crippen LogP contribution is -2.00. The first kappa shape index (κ1) is 11.9. The number of hydrogen-bond acceptors (Lipinski definition) is 3. The molecule has 3 aromatic rings. The Morgan fingerprint density at radius 2 is 2.33 bits per heavy atom. The van der Waals surface area contributed by atoms with E-state index < -0.39 is 6.10 Å². The summed E-state index contributed by atoms with van der Waals surface area (Å²) in [4.78, 5) is 5.57. The molecule has 1 unspecified atom stereocenters. The molecule has 92 valence electrons. The zero-order valence-electron chi connectivity index (χ0n) is 9.45. The summed E-state index contributed by atoms with van der Waals surface area (Å²) in [5, 5.41) is 12.2. The Morgan fingerprint density at radius 1 is 1.44 bits per heavy atom. The van der Waals surface area contributed by atoms with Gasteiger partial charge in [-0.05, 0) is 34.1 Å². The lowest BCUT2D eigenvalue weighted by atomic mass is 10.2. The summed E-state index contributed by atoms with van der Waals surface area (Å²) in [5.74, 6) is 0. The van der Waals surface area contributed by atoms with Crippen LogP contribution in [0.5, 0.6) is 0 Å². The van der Waals surface area contributed by atoms with Crippen LogP contribution in [0, 0.1) is 0 Å². The zero-order valence-corrected chi connectivity index (χ0v) is 11.9. The van der Waals surface area contributed by atoms with E-state index in [-0.39, 0.29) is 0 Å². The first-order valence-electron chi connectivity index (χ1n) is 5.57. The Kier molecular flexibility index (Phi) is 3.20. The molecular formula is C13H11BrN2OS. The minimum Gasteiger partial charge on any atom is -0.386 e. The average Bonchev–Trinajstić information content (AvgIpc) is 2.95. The molecule has 3 nitrogen and oxygen atoms in total. The topological polar surface area (TPSA) is 37.5 Å². The fraction of sp³-hybridized carbons (Fsp3) is 0.154. The molecule has 3 aromatic heterocycles. The maximum atomic E-state index is 10.2. The number of imidazole rings is 1. The van der Waals surface area contributed by atoms with E-state index in [4.69, 9.17) is 0 Å². The van der Waals surface area contributed by atoms with Gasteiger partial charge in [-0.3, -0.25) is 0 Å². The number of halogens is 1. The lowest BCUT2D eigenvalue weighted by Gasteiger charge is -2.04. The van der Waals surface area contributed by atoms with E-state index in [9.17, 15) is 5.11 Å². The summed E-state index contributed by atoms with van der Waals surface area (Å²) in [5.41, 5.74) is 1.57. The number of aliphatic hydroxyl groups excluding tert-OH is 1. The Morgan fingerprint density at radius 3 is 3.06 bits per heavy atom. The van der Waals surface area contributed by atoms with Crippen LogP contribution in [0.4, 0.5) is 0 Å². The Balaban J connectivity index is 1.85. The molecule has 0 aromatic carbocycles. The van der Waals surface area contributed by atoms with Crippen molar-refractivity contribution in [3.05, 3.63) is 57.1 Å². The number of pyridine rings is 1. The third-order valence-corrected chi connectivity index (χ3v) is 4.46. The van der Waals surface area contributed by atoms with Crippen molar-refractivity contribution in [2.45, 2.75) is 12.5 Å². The number of fused-ring (bicyclic) bond motifs is 1. The highest BCUT2D eigenvalue weighted by molar-refractivity contribution is 9.10. The summed E-state index contributed by atoms with van der Waals surface area (Å²) in [6, 6.07) is 7.84. The van der Waals surface area contributed by atoms with Gasteiger partial charge in [-0.15, -0.1) is 11.3 Å². The predicted octanol–water partition coefficient (Wildman–Crippen LogP) is 3.43. The van der Waals surface area contributed by atoms with E-state index in [0.717, 1.165) is 15.0 Å². The van der Waals surface area contributed by atoms with Crippen molar-refractivity contribution in [3.8, 4) is 0 Å². The van der Waals surface area contributed by atoms with Gasteiger partial charge in [0.25, 0.3) is 0 Å². The number of nitrogens with zero attached hydrogens (tertiary/aromatic N) is 2. The second-order valence-corrected chi connectivity index (χ2v) is 5.99. The van der Waals surface area contributed by atoms with Crippen molar-refractivity contribution in [2.24, 2.45) is 0 Å². The van der Waals surface area contributed by atoms with Gasteiger partial charge < -0.3 is 9.51 Å². The molecule has 0 aliphatic carbocycles. The number of aromatic nitrogens is 2. The SMILES string of the molecule is OC(Cc1cc(Br)cs1)c1cn2ccccc2n1. The molecule has 0 aliphatic heterocycles. The van der Waals surface area contributed by atoms with Crippen LogP contribution >= 0.6 is 27.3 Å². The minimum atomic E-state index is -0.560. The molecule has 0 saturated heterocycles. The molecule has 1 atom stereocenters. The minimum absolute atomic E-state index is 0.560. The van der Waals surface area contributed by atoms with Gasteiger partial charge in [-0.2, -0.15) is 0 Å². The van der Waals surface area contributed by atoms with Gasteiger partial charge in [-0.1, -0.05) is 6.07 Å². The first-order chi connectivity index (χ1) is 8.72. The van der Waals surface area contributed by atoms with Crippen LogP contribution in [-0.2, 0) is 6.42 Å². The second-order valence-electron chi connectivity index (χ2n) is 4.08. The van der Waals surface area contributed by atoms with Crippen LogP contribution in [-0.4, -0.2) is 14.5 Å². The van der Waals surface area contributed by atoms with E-state index in [1.165, 1.54) is 0 Å². The van der Waals surface area contributed by atoms with E-state index in [0.29, 0.717) is 12.1 Å². The summed E-state index contributed by atoms with van der Waals surface area (Å²) >= 11 is 5.05. The molecule has 0 amide bonds. The second kappa shape index (κ2) is 4.84. The maximum Gasteiger partial charge on any atom is 0.137 e. The number of rotatable bonds is 3. The van der Waals surface area contributed by atoms with Gasteiger partial charge in [0.05, 0.1) is 5.69 Å². The molecule has 0 saturated carbocycles. The van der Waals surface area contributed by atoms with E-state index in [2.05, 4.69) is 20.9 Å². The van der Waals surface area contributed by atoms with Crippen molar-refractivity contribution in [3.63, 3.8) is 0 Å². The quantitative estimate of drug-likeness (QED) is 0.802. The zero-order chi connectivity index (χ0) is 12.5. The van der Waals surface area contributed by atoms with E-state index in [1.807, 2.05) is 46.4 Å². The number of aliphatic hydroxyl groups is 1. The van der Waals surface area contributed by atoms with E-state index in [1.54, 1.807) is 11.3 Å². The summed E-state index contributed by atoms with van der Waals surface area (Å²) in [6.07, 6.45) is 3.85. The van der Waals surface area contributed by atoms with Crippen LogP contribution < -0.4 is 0 Å². The molecule has 0 spiro atoms. The third-order valence-electron chi connectivity index (χ3n) is 2.74. The van der Waals surface area contributed by atoms with Crippen LogP contribution in [0.15, 0.2) is 46.5 Å². The molecular weight excluding hydrogens is 312 g/mol. The molecule has 0 radical (unpaired) electrons. The fourth-order valence-electron chi connectivity index (χ4n) is 1.87. The Hall–Kier alpha value is -1.17. The van der Waals surface area contributed by atoms with Gasteiger partial charge >= 0.3 is 0 Å². The molecule has 5 heteroatoms. The highest BCUT2D eigenvalue weighted by atomic mass is 79.9. The normalized spacial score (nSPS) is 13.0. The molecule has 1 N–H and O–H groups in total. The summed E-state index contributed by atoms with van der Waals surface area (Å²) < 4.78 is 2.98. The fourth-order valence-corrected chi connectivity index (χ4v) is 3.36. The maximum absolute atomic E-state index is 10.2. The molecule has 3 rings (SSSR count). The van der Waals surface area contributed by atoms with Crippen molar-refractivity contribution in [1.29, 1.82) is 0 Å². The van der Waals surface area contributed by atoms with Crippen molar-refractivity contribution in [1.82, 2.24) is 9.38 Å². The van der Waals surface area contributed by atoms with Gasteiger partial charge in [0.1, 0.15) is 11.8 Å². The summed E-state index contributed by atoms with van der Waals surface area (Å²) in [6.45, 7) is 0. The van der Waals surface area contributed by atoms with Crippen molar-refractivity contribution in [2.75, 3.05) is 0 Å². The van der Waals surface area contributed by atoms with Gasteiger partial charge in [0.2, 0.25) is 0 Å². The Bertz CT molecular complexity index is 643. The molecule has 18 heavy (non-hydrogen) atoms. The highest BCUT2D eigenvalue weighted by Gasteiger charge is 2.13. The predicted molar refractivity (Wildman–Crippen MR) is 75.9 cm³/mol. The lowest BCUT2D eigenvalue weighted by molar-refractivity contribution is 0.175. The molecule has 0 aliphatic rings. The standard InChI is InChI=1S/C13H11BrN2OS/c14-9-5-10(18-8-9)6-12(17)11-7-16-4-2-1-3-13(16)15-11/h1-5,7-8,12,17H,6H2. The van der Waals surface area contributed by atoms with Crippen LogP contribution in [0.3, 0.4) is 0 Å². The Labute approximate surface area is 117 Å². The smallest absolute Gasteiger partial charge is 0.137 e. The molecule has 3 heterocycles. The van der Waals surface area contributed by atoms with Crippen LogP contribution in [0.2, 0.25) is 0 Å². The monoisotopic (exact) mass is 322 g/mol. The van der Waals surface area contributed by atoms with Gasteiger partial charge in [0.15, 0.2) is 0 Å². The van der Waals surface area contributed by atoms with Crippen molar-refractivity contribution < 1.29 is 5.11 Å². The first-order valence-corrected chi connectivity index (χ1v) is 7.24.